The van der Waals surface area contributed by atoms with E-state index in [1.807, 2.05) is 6.26 Å². The zero-order valence-corrected chi connectivity index (χ0v) is 13.7. The van der Waals surface area contributed by atoms with E-state index in [0.29, 0.717) is 28.8 Å². The second-order valence-electron chi connectivity index (χ2n) is 4.60. The van der Waals surface area contributed by atoms with Gasteiger partial charge in [0.25, 0.3) is 0 Å². The molecule has 0 spiro atoms. The lowest BCUT2D eigenvalue weighted by molar-refractivity contribution is 0.368. The first-order valence-corrected chi connectivity index (χ1v) is 7.84. The van der Waals surface area contributed by atoms with Crippen molar-refractivity contribution in [3.8, 4) is 11.8 Å². The molecule has 0 fully saturated rings. The number of thioether (sulfide) groups is 1. The van der Waals surface area contributed by atoms with Crippen molar-refractivity contribution in [3.63, 3.8) is 0 Å². The van der Waals surface area contributed by atoms with Gasteiger partial charge in [-0.3, -0.25) is 0 Å². The molecule has 22 heavy (non-hydrogen) atoms. The lowest BCUT2D eigenvalue weighted by atomic mass is 10.0. The highest BCUT2D eigenvalue weighted by Crippen LogP contribution is 2.38. The summed E-state index contributed by atoms with van der Waals surface area (Å²) >= 11 is 1.50. The number of rotatable bonds is 5. The van der Waals surface area contributed by atoms with Gasteiger partial charge in [-0.1, -0.05) is 6.07 Å². The fourth-order valence-electron chi connectivity index (χ4n) is 2.07. The molecule has 0 aliphatic rings. The van der Waals surface area contributed by atoms with Crippen LogP contribution in [0, 0.1) is 12.7 Å². The van der Waals surface area contributed by atoms with E-state index >= 15 is 0 Å². The highest BCUT2D eigenvalue weighted by atomic mass is 32.2. The molecule has 0 saturated heterocycles. The highest BCUT2D eigenvalue weighted by Gasteiger charge is 2.22. The summed E-state index contributed by atoms with van der Waals surface area (Å²) in [5.74, 6) is 0.975. The third kappa shape index (κ3) is 3.09. The van der Waals surface area contributed by atoms with E-state index in [2.05, 4.69) is 9.97 Å². The van der Waals surface area contributed by atoms with Crippen LogP contribution in [-0.2, 0) is 0 Å². The number of anilines is 1. The Morgan fingerprint density at radius 3 is 2.27 bits per heavy atom. The zero-order valence-electron chi connectivity index (χ0n) is 12.9. The van der Waals surface area contributed by atoms with Crippen molar-refractivity contribution < 1.29 is 13.9 Å². The van der Waals surface area contributed by atoms with Crippen molar-refractivity contribution in [3.05, 3.63) is 41.0 Å². The average molecular weight is 323 g/mol. The number of nitrogen functional groups attached to an aromatic ring is 1. The topological polar surface area (TPSA) is 70.3 Å². The molecule has 0 saturated carbocycles. The van der Waals surface area contributed by atoms with Gasteiger partial charge < -0.3 is 15.2 Å². The smallest absolute Gasteiger partial charge is 0.220 e. The van der Waals surface area contributed by atoms with Gasteiger partial charge in [-0.15, -0.1) is 11.8 Å². The van der Waals surface area contributed by atoms with Gasteiger partial charge in [-0.2, -0.15) is 9.97 Å². The first-order valence-electron chi connectivity index (χ1n) is 6.56. The predicted octanol–water partition coefficient (Wildman–Crippen LogP) is 2.98. The Morgan fingerprint density at radius 2 is 1.77 bits per heavy atom. The van der Waals surface area contributed by atoms with E-state index < -0.39 is 0 Å². The molecule has 2 aromatic rings. The molecule has 5 nitrogen and oxygen atoms in total. The molecule has 1 aromatic heterocycles. The van der Waals surface area contributed by atoms with E-state index in [-0.39, 0.29) is 11.1 Å². The van der Waals surface area contributed by atoms with E-state index in [9.17, 15) is 4.39 Å². The summed E-state index contributed by atoms with van der Waals surface area (Å²) in [6.45, 7) is 1.65. The van der Waals surface area contributed by atoms with E-state index in [1.54, 1.807) is 19.1 Å². The lowest BCUT2D eigenvalue weighted by Gasteiger charge is -2.18. The van der Waals surface area contributed by atoms with Crippen molar-refractivity contribution in [1.82, 2.24) is 9.97 Å². The maximum atomic E-state index is 13.6. The van der Waals surface area contributed by atoms with Crippen LogP contribution in [-0.4, -0.2) is 30.4 Å². The average Bonchev–Trinajstić information content (AvgIpc) is 2.55. The van der Waals surface area contributed by atoms with Crippen LogP contribution >= 0.6 is 11.8 Å². The van der Waals surface area contributed by atoms with Crippen LogP contribution in [0.3, 0.4) is 0 Å². The molecule has 0 radical (unpaired) electrons. The maximum Gasteiger partial charge on any atom is 0.220 e. The molecule has 2 rings (SSSR count). The molecule has 0 aliphatic heterocycles. The Kier molecular flexibility index (Phi) is 5.07. The number of halogens is 1. The Morgan fingerprint density at radius 1 is 1.18 bits per heavy atom. The number of methoxy groups -OCH3 is 2. The van der Waals surface area contributed by atoms with Gasteiger partial charge in [0.05, 0.1) is 25.5 Å². The Bertz CT molecular complexity index is 660. The lowest BCUT2D eigenvalue weighted by Crippen LogP contribution is -2.09. The molecular weight excluding hydrogens is 305 g/mol. The summed E-state index contributed by atoms with van der Waals surface area (Å²) in [5, 5.41) is -0.247. The first-order chi connectivity index (χ1) is 10.5. The van der Waals surface area contributed by atoms with Crippen LogP contribution in [0.25, 0.3) is 0 Å². The normalized spacial score (nSPS) is 12.0. The molecular formula is C15H18FN3O2S. The molecule has 0 bridgehead atoms. The summed E-state index contributed by atoms with van der Waals surface area (Å²) in [6, 6.07) is 4.66. The largest absolute Gasteiger partial charge is 0.481 e. The molecule has 0 aliphatic carbocycles. The Hall–Kier alpha value is -2.02. The summed E-state index contributed by atoms with van der Waals surface area (Å²) in [6.07, 6.45) is 1.91. The summed E-state index contributed by atoms with van der Waals surface area (Å²) < 4.78 is 23.9. The molecule has 1 unspecified atom stereocenters. The zero-order chi connectivity index (χ0) is 16.3. The van der Waals surface area contributed by atoms with Crippen molar-refractivity contribution in [2.24, 2.45) is 0 Å². The number of hydrogen-bond donors (Lipinski definition) is 1. The van der Waals surface area contributed by atoms with Crippen LogP contribution < -0.4 is 15.2 Å². The fourth-order valence-corrected chi connectivity index (χ4v) is 2.85. The molecule has 2 N–H and O–H groups in total. The minimum absolute atomic E-state index is 0.247. The number of benzene rings is 1. The molecule has 1 aromatic carbocycles. The SMILES string of the molecule is COc1cc(OC)nc(C(SC)c2ccc(F)c(C)c2N)n1. The second kappa shape index (κ2) is 6.83. The van der Waals surface area contributed by atoms with Gasteiger partial charge in [-0.25, -0.2) is 4.39 Å². The van der Waals surface area contributed by atoms with Gasteiger partial charge in [-0.05, 0) is 24.8 Å². The Balaban J connectivity index is 2.55. The predicted molar refractivity (Wildman–Crippen MR) is 86.0 cm³/mol. The number of aromatic nitrogens is 2. The molecule has 1 heterocycles. The van der Waals surface area contributed by atoms with Crippen molar-refractivity contribution in [2.45, 2.75) is 12.2 Å². The van der Waals surface area contributed by atoms with Crippen molar-refractivity contribution in [1.29, 1.82) is 0 Å². The van der Waals surface area contributed by atoms with Crippen LogP contribution in [0.2, 0.25) is 0 Å². The Labute approximate surface area is 133 Å². The third-order valence-electron chi connectivity index (χ3n) is 3.35. The molecule has 118 valence electrons. The van der Waals surface area contributed by atoms with Gasteiger partial charge in [0, 0.05) is 11.3 Å². The highest BCUT2D eigenvalue weighted by molar-refractivity contribution is 7.99. The van der Waals surface area contributed by atoms with Gasteiger partial charge in [0.2, 0.25) is 11.8 Å². The maximum absolute atomic E-state index is 13.6. The minimum atomic E-state index is -0.328. The van der Waals surface area contributed by atoms with Crippen molar-refractivity contribution >= 4 is 17.4 Å². The fraction of sp³-hybridized carbons (Fsp3) is 0.333. The number of nitrogens with two attached hydrogens (primary N) is 1. The van der Waals surface area contributed by atoms with Gasteiger partial charge >= 0.3 is 0 Å². The number of hydrogen-bond acceptors (Lipinski definition) is 6. The van der Waals surface area contributed by atoms with Gasteiger partial charge in [0.1, 0.15) is 5.82 Å². The van der Waals surface area contributed by atoms with E-state index in [0.717, 1.165) is 5.56 Å². The molecule has 0 amide bonds. The van der Waals surface area contributed by atoms with E-state index in [4.69, 9.17) is 15.2 Å². The second-order valence-corrected chi connectivity index (χ2v) is 5.54. The van der Waals surface area contributed by atoms with Crippen molar-refractivity contribution in [2.75, 3.05) is 26.2 Å². The molecule has 7 heteroatoms. The number of nitrogens with zero attached hydrogens (tertiary/aromatic N) is 2. The molecule has 1 atom stereocenters. The van der Waals surface area contributed by atoms with Crippen LogP contribution in [0.5, 0.6) is 11.8 Å². The number of ether oxygens (including phenoxy) is 2. The van der Waals surface area contributed by atoms with Crippen LogP contribution in [0.4, 0.5) is 10.1 Å². The van der Waals surface area contributed by atoms with E-state index in [1.165, 1.54) is 32.0 Å². The van der Waals surface area contributed by atoms with Gasteiger partial charge in [0.15, 0.2) is 5.82 Å². The summed E-state index contributed by atoms with van der Waals surface area (Å²) in [5.41, 5.74) is 7.66. The monoisotopic (exact) mass is 323 g/mol. The summed E-state index contributed by atoms with van der Waals surface area (Å²) in [4.78, 5) is 8.71. The first kappa shape index (κ1) is 16.4. The van der Waals surface area contributed by atoms with Crippen LogP contribution in [0.1, 0.15) is 22.2 Å². The standard InChI is InChI=1S/C15H18FN3O2S/c1-8-10(16)6-5-9(13(8)17)14(22-4)15-18-11(20-2)7-12(19-15)21-3/h5-7,14H,17H2,1-4H3. The third-order valence-corrected chi connectivity index (χ3v) is 4.29. The van der Waals surface area contributed by atoms with Crippen LogP contribution in [0.15, 0.2) is 18.2 Å². The summed E-state index contributed by atoms with van der Waals surface area (Å²) in [7, 11) is 3.05. The minimum Gasteiger partial charge on any atom is -0.481 e. The quantitative estimate of drug-likeness (QED) is 0.853.